The number of benzene rings is 1. The van der Waals surface area contributed by atoms with Crippen molar-refractivity contribution in [2.45, 2.75) is 37.5 Å². The van der Waals surface area contributed by atoms with Gasteiger partial charge in [0.1, 0.15) is 11.3 Å². The lowest BCUT2D eigenvalue weighted by Crippen LogP contribution is -2.48. The molecule has 2 N–H and O–H groups in total. The van der Waals surface area contributed by atoms with Crippen LogP contribution < -0.4 is 15.5 Å². The first-order valence-electron chi connectivity index (χ1n) is 9.13. The molecule has 1 aromatic carbocycles. The number of imide groups is 1. The maximum absolute atomic E-state index is 12.9. The molecule has 154 valence electrons. The van der Waals surface area contributed by atoms with Crippen molar-refractivity contribution in [3.05, 3.63) is 42.2 Å². The van der Waals surface area contributed by atoms with E-state index in [2.05, 4.69) is 22.7 Å². The van der Waals surface area contributed by atoms with Gasteiger partial charge < -0.3 is 14.6 Å². The van der Waals surface area contributed by atoms with Crippen LogP contribution in [0.25, 0.3) is 0 Å². The predicted octanol–water partition coefficient (Wildman–Crippen LogP) is 1.89. The highest BCUT2D eigenvalue weighted by molar-refractivity contribution is 7.99. The first-order valence-corrected chi connectivity index (χ1v) is 10.1. The largest absolute Gasteiger partial charge is 0.497 e. The van der Waals surface area contributed by atoms with E-state index in [1.807, 2.05) is 10.8 Å². The second kappa shape index (κ2) is 8.56. The second-order valence-electron chi connectivity index (χ2n) is 6.65. The Morgan fingerprint density at radius 3 is 2.69 bits per heavy atom. The van der Waals surface area contributed by atoms with E-state index in [0.717, 1.165) is 18.0 Å². The molecule has 2 heterocycles. The number of methoxy groups -OCH3 is 1. The summed E-state index contributed by atoms with van der Waals surface area (Å²) < 4.78 is 7.07. The van der Waals surface area contributed by atoms with Gasteiger partial charge in [-0.05, 0) is 31.0 Å². The molecular weight excluding hydrogens is 394 g/mol. The first kappa shape index (κ1) is 20.7. The van der Waals surface area contributed by atoms with Crippen LogP contribution in [-0.2, 0) is 21.7 Å². The molecule has 0 saturated carbocycles. The summed E-state index contributed by atoms with van der Waals surface area (Å²) in [5, 5.41) is 4.08. The Balaban J connectivity index is 1.64. The molecule has 0 spiro atoms. The van der Waals surface area contributed by atoms with Crippen LogP contribution in [0.5, 0.6) is 5.75 Å². The van der Waals surface area contributed by atoms with Gasteiger partial charge in [0.25, 0.3) is 5.91 Å². The first-order chi connectivity index (χ1) is 13.9. The Morgan fingerprint density at radius 1 is 1.31 bits per heavy atom. The molecule has 2 aromatic rings. The maximum atomic E-state index is 12.9. The summed E-state index contributed by atoms with van der Waals surface area (Å²) >= 11 is 1.24. The number of urea groups is 1. The second-order valence-corrected chi connectivity index (χ2v) is 7.59. The van der Waals surface area contributed by atoms with E-state index in [4.69, 9.17) is 4.74 Å². The average molecular weight is 417 g/mol. The van der Waals surface area contributed by atoms with Crippen LogP contribution in [0.15, 0.2) is 41.8 Å². The minimum Gasteiger partial charge on any atom is -0.497 e. The maximum Gasteiger partial charge on any atom is 0.344 e. The number of aromatic nitrogens is 2. The molecule has 1 aromatic heterocycles. The molecule has 4 amide bonds. The van der Waals surface area contributed by atoms with Crippen LogP contribution in [0.4, 0.5) is 4.79 Å². The zero-order chi connectivity index (χ0) is 21.0. The molecular formula is C19H23N5O4S. The Kier molecular flexibility index (Phi) is 6.12. The third-order valence-corrected chi connectivity index (χ3v) is 5.57. The van der Waals surface area contributed by atoms with Crippen molar-refractivity contribution in [1.29, 1.82) is 0 Å². The van der Waals surface area contributed by atoms with Gasteiger partial charge in [0.15, 0.2) is 5.16 Å². The molecule has 1 fully saturated rings. The molecule has 1 aliphatic rings. The Hall–Kier alpha value is -3.01. The van der Waals surface area contributed by atoms with Gasteiger partial charge in [-0.1, -0.05) is 30.8 Å². The number of hydrazine groups is 1. The third kappa shape index (κ3) is 4.21. The Morgan fingerprint density at radius 2 is 2.03 bits per heavy atom. The number of thioether (sulfide) groups is 1. The zero-order valence-electron chi connectivity index (χ0n) is 16.5. The van der Waals surface area contributed by atoms with Crippen molar-refractivity contribution in [1.82, 2.24) is 25.3 Å². The van der Waals surface area contributed by atoms with Gasteiger partial charge in [0, 0.05) is 18.9 Å². The van der Waals surface area contributed by atoms with E-state index in [0.29, 0.717) is 16.5 Å². The number of hydrogen-bond acceptors (Lipinski definition) is 6. The molecule has 9 nitrogen and oxygen atoms in total. The fourth-order valence-corrected chi connectivity index (χ4v) is 3.77. The number of nitrogens with zero attached hydrogens (tertiary/aromatic N) is 3. The normalized spacial score (nSPS) is 18.7. The highest BCUT2D eigenvalue weighted by atomic mass is 32.2. The molecule has 1 saturated heterocycles. The van der Waals surface area contributed by atoms with Crippen molar-refractivity contribution >= 4 is 29.6 Å². The van der Waals surface area contributed by atoms with Crippen LogP contribution in [-0.4, -0.2) is 45.3 Å². The number of nitrogens with one attached hydrogen (secondary N) is 2. The van der Waals surface area contributed by atoms with E-state index in [1.54, 1.807) is 44.5 Å². The fourth-order valence-electron chi connectivity index (χ4n) is 2.99. The van der Waals surface area contributed by atoms with Crippen LogP contribution in [0, 0.1) is 0 Å². The standard InChI is InChI=1S/C19H23N5O4S/c1-4-10-23-11-9-20-18(23)29-12-15(25)22-24-16(26)19(2,21-17(24)27)13-5-7-14(28-3)8-6-13/h5-9,11H,4,10,12H2,1-3H3,(H,21,27)(H,22,25)/t19-/m0/s1. The Bertz CT molecular complexity index is 914. The number of amides is 4. The highest BCUT2D eigenvalue weighted by Crippen LogP contribution is 2.29. The summed E-state index contributed by atoms with van der Waals surface area (Å²) in [5.41, 5.74) is 1.70. The molecule has 0 radical (unpaired) electrons. The number of carbonyl (C=O) groups is 3. The monoisotopic (exact) mass is 417 g/mol. The van der Waals surface area contributed by atoms with E-state index >= 15 is 0 Å². The molecule has 3 rings (SSSR count). The number of rotatable bonds is 8. The van der Waals surface area contributed by atoms with Crippen LogP contribution in [0.1, 0.15) is 25.8 Å². The van der Waals surface area contributed by atoms with Crippen molar-refractivity contribution in [3.8, 4) is 5.75 Å². The topological polar surface area (TPSA) is 106 Å². The van der Waals surface area contributed by atoms with Crippen molar-refractivity contribution in [2.24, 2.45) is 0 Å². The summed E-state index contributed by atoms with van der Waals surface area (Å²) in [6.45, 7) is 4.45. The number of hydrogen-bond donors (Lipinski definition) is 2. The van der Waals surface area contributed by atoms with Gasteiger partial charge in [0.05, 0.1) is 12.9 Å². The average Bonchev–Trinajstić information content (AvgIpc) is 3.25. The van der Waals surface area contributed by atoms with E-state index in [-0.39, 0.29) is 5.75 Å². The molecule has 1 aliphatic heterocycles. The lowest BCUT2D eigenvalue weighted by Gasteiger charge is -2.22. The van der Waals surface area contributed by atoms with Gasteiger partial charge in [-0.3, -0.25) is 15.0 Å². The molecule has 29 heavy (non-hydrogen) atoms. The lowest BCUT2D eigenvalue weighted by molar-refractivity contribution is -0.138. The lowest BCUT2D eigenvalue weighted by atomic mass is 9.92. The van der Waals surface area contributed by atoms with Crippen molar-refractivity contribution in [2.75, 3.05) is 12.9 Å². The van der Waals surface area contributed by atoms with Crippen LogP contribution in [0.3, 0.4) is 0 Å². The van der Waals surface area contributed by atoms with Gasteiger partial charge in [-0.15, -0.1) is 0 Å². The van der Waals surface area contributed by atoms with E-state index in [1.165, 1.54) is 11.8 Å². The van der Waals surface area contributed by atoms with Gasteiger partial charge in [0.2, 0.25) is 5.91 Å². The quantitative estimate of drug-likeness (QED) is 0.502. The van der Waals surface area contributed by atoms with Gasteiger partial charge in [-0.2, -0.15) is 5.01 Å². The van der Waals surface area contributed by atoms with Crippen molar-refractivity contribution in [3.63, 3.8) is 0 Å². The third-order valence-electron chi connectivity index (χ3n) is 4.57. The summed E-state index contributed by atoms with van der Waals surface area (Å²) in [6, 6.07) is 6.13. The predicted molar refractivity (Wildman–Crippen MR) is 107 cm³/mol. The summed E-state index contributed by atoms with van der Waals surface area (Å²) in [4.78, 5) is 41.8. The molecule has 10 heteroatoms. The SMILES string of the molecule is CCCn1ccnc1SCC(=O)NN1C(=O)N[C@@](C)(c2ccc(OC)cc2)C1=O. The molecule has 1 atom stereocenters. The van der Waals surface area contributed by atoms with Crippen LogP contribution >= 0.6 is 11.8 Å². The Labute approximate surface area is 172 Å². The number of aryl methyl sites for hydroxylation is 1. The highest BCUT2D eigenvalue weighted by Gasteiger charge is 2.50. The van der Waals surface area contributed by atoms with Gasteiger partial charge >= 0.3 is 6.03 Å². The fraction of sp³-hybridized carbons (Fsp3) is 0.368. The van der Waals surface area contributed by atoms with Gasteiger partial charge in [-0.25, -0.2) is 9.78 Å². The summed E-state index contributed by atoms with van der Waals surface area (Å²) in [5.74, 6) is -0.364. The minimum absolute atomic E-state index is 0.0248. The minimum atomic E-state index is -1.28. The van der Waals surface area contributed by atoms with E-state index in [9.17, 15) is 14.4 Å². The molecule has 0 bridgehead atoms. The number of imidazole rings is 1. The van der Waals surface area contributed by atoms with E-state index < -0.39 is 23.4 Å². The zero-order valence-corrected chi connectivity index (χ0v) is 17.3. The smallest absolute Gasteiger partial charge is 0.344 e. The van der Waals surface area contributed by atoms with Crippen molar-refractivity contribution < 1.29 is 19.1 Å². The number of carbonyl (C=O) groups excluding carboxylic acids is 3. The molecule has 0 aliphatic carbocycles. The summed E-state index contributed by atoms with van der Waals surface area (Å²) in [7, 11) is 1.54. The summed E-state index contributed by atoms with van der Waals surface area (Å²) in [6.07, 6.45) is 4.47. The molecule has 0 unspecified atom stereocenters. The van der Waals surface area contributed by atoms with Crippen LogP contribution in [0.2, 0.25) is 0 Å². The number of ether oxygens (including phenoxy) is 1.